The van der Waals surface area contributed by atoms with Crippen molar-refractivity contribution in [2.75, 3.05) is 58.9 Å². The average molecular weight is 383 g/mol. The number of hydrogen-bond donors (Lipinski definition) is 0. The molecule has 0 bridgehead atoms. The number of carbonyl (C=O) groups excluding carboxylic acids is 1. The number of para-hydroxylation sites is 1. The van der Waals surface area contributed by atoms with Crippen molar-refractivity contribution in [1.82, 2.24) is 9.80 Å². The number of likely N-dealkylation sites (N-methyl/N-ethyl adjacent to an activating group) is 1. The summed E-state index contributed by atoms with van der Waals surface area (Å²) >= 11 is 0. The van der Waals surface area contributed by atoms with Crippen LogP contribution in [0.15, 0.2) is 48.5 Å². The number of methoxy groups -OCH3 is 2. The molecule has 6 nitrogen and oxygen atoms in total. The number of anilines is 1. The summed E-state index contributed by atoms with van der Waals surface area (Å²) in [5, 5.41) is 0. The minimum absolute atomic E-state index is 0.129. The third-order valence-corrected chi connectivity index (χ3v) is 5.19. The molecule has 0 aliphatic carbocycles. The van der Waals surface area contributed by atoms with Gasteiger partial charge in [0.2, 0.25) is 5.91 Å². The molecule has 1 fully saturated rings. The standard InChI is InChI=1S/C22H29N3O3/c1-23(16-18-6-4-5-7-21(18)28-3)22(26)17-24-12-14-25(15-13-24)19-8-10-20(27-2)11-9-19/h4-11H,12-17H2,1-3H3. The van der Waals surface area contributed by atoms with Crippen LogP contribution in [0.5, 0.6) is 11.5 Å². The number of nitrogens with zero attached hydrogens (tertiary/aromatic N) is 3. The lowest BCUT2D eigenvalue weighted by Gasteiger charge is -2.36. The van der Waals surface area contributed by atoms with Crippen LogP contribution in [0.2, 0.25) is 0 Å². The largest absolute Gasteiger partial charge is 0.497 e. The van der Waals surface area contributed by atoms with Crippen molar-refractivity contribution in [2.45, 2.75) is 6.54 Å². The lowest BCUT2D eigenvalue weighted by atomic mass is 10.2. The maximum Gasteiger partial charge on any atom is 0.236 e. The molecule has 0 saturated carbocycles. The molecule has 0 unspecified atom stereocenters. The summed E-state index contributed by atoms with van der Waals surface area (Å²) in [7, 11) is 5.18. The van der Waals surface area contributed by atoms with Crippen molar-refractivity contribution >= 4 is 11.6 Å². The van der Waals surface area contributed by atoms with Gasteiger partial charge >= 0.3 is 0 Å². The van der Waals surface area contributed by atoms with Crippen LogP contribution in [0.25, 0.3) is 0 Å². The predicted octanol–water partition coefficient (Wildman–Crippen LogP) is 2.48. The SMILES string of the molecule is COc1ccc(N2CCN(CC(=O)N(C)Cc3ccccc3OC)CC2)cc1. The molecule has 6 heteroatoms. The molecule has 1 heterocycles. The van der Waals surface area contributed by atoms with E-state index in [9.17, 15) is 4.79 Å². The highest BCUT2D eigenvalue weighted by atomic mass is 16.5. The van der Waals surface area contributed by atoms with Crippen molar-refractivity contribution < 1.29 is 14.3 Å². The van der Waals surface area contributed by atoms with Gasteiger partial charge in [-0.15, -0.1) is 0 Å². The van der Waals surface area contributed by atoms with Gasteiger partial charge in [-0.05, 0) is 30.3 Å². The van der Waals surface area contributed by atoms with Crippen LogP contribution in [0, 0.1) is 0 Å². The van der Waals surface area contributed by atoms with E-state index in [2.05, 4.69) is 21.9 Å². The zero-order chi connectivity index (χ0) is 19.9. The third kappa shape index (κ3) is 4.95. The van der Waals surface area contributed by atoms with Gasteiger partial charge in [-0.1, -0.05) is 18.2 Å². The molecule has 2 aromatic rings. The summed E-state index contributed by atoms with van der Waals surface area (Å²) in [6.07, 6.45) is 0. The zero-order valence-electron chi connectivity index (χ0n) is 16.9. The van der Waals surface area contributed by atoms with Crippen molar-refractivity contribution in [3.8, 4) is 11.5 Å². The number of benzene rings is 2. The number of ether oxygens (including phenoxy) is 2. The molecule has 1 aliphatic rings. The Hall–Kier alpha value is -2.73. The van der Waals surface area contributed by atoms with E-state index < -0.39 is 0 Å². The Bertz CT molecular complexity index is 771. The number of carbonyl (C=O) groups is 1. The van der Waals surface area contributed by atoms with E-state index in [1.54, 1.807) is 19.1 Å². The van der Waals surface area contributed by atoms with Gasteiger partial charge in [0, 0.05) is 51.0 Å². The first kappa shape index (κ1) is 20.0. The molecule has 0 aromatic heterocycles. The minimum Gasteiger partial charge on any atom is -0.497 e. The Morgan fingerprint density at radius 1 is 0.964 bits per heavy atom. The summed E-state index contributed by atoms with van der Waals surface area (Å²) in [5.74, 6) is 1.81. The van der Waals surface area contributed by atoms with E-state index in [0.717, 1.165) is 43.2 Å². The minimum atomic E-state index is 0.129. The Labute approximate surface area is 167 Å². The second-order valence-electron chi connectivity index (χ2n) is 7.02. The first-order valence-corrected chi connectivity index (χ1v) is 9.58. The van der Waals surface area contributed by atoms with E-state index in [0.29, 0.717) is 13.1 Å². The van der Waals surface area contributed by atoms with Crippen LogP contribution in [0.4, 0.5) is 5.69 Å². The fourth-order valence-electron chi connectivity index (χ4n) is 3.45. The molecule has 28 heavy (non-hydrogen) atoms. The van der Waals surface area contributed by atoms with Crippen molar-refractivity contribution in [1.29, 1.82) is 0 Å². The predicted molar refractivity (Wildman–Crippen MR) is 111 cm³/mol. The molecule has 0 spiro atoms. The molecule has 0 radical (unpaired) electrons. The number of hydrogen-bond acceptors (Lipinski definition) is 5. The second kappa shape index (κ2) is 9.46. The Kier molecular flexibility index (Phi) is 6.76. The molecule has 0 atom stereocenters. The van der Waals surface area contributed by atoms with Crippen LogP contribution in [-0.4, -0.2) is 69.7 Å². The highest BCUT2D eigenvalue weighted by Crippen LogP contribution is 2.21. The fraction of sp³-hybridized carbons (Fsp3) is 0.409. The molecule has 1 aliphatic heterocycles. The molecule has 2 aromatic carbocycles. The first-order chi connectivity index (χ1) is 13.6. The van der Waals surface area contributed by atoms with Gasteiger partial charge in [0.05, 0.1) is 20.8 Å². The number of piperazine rings is 1. The van der Waals surface area contributed by atoms with Crippen LogP contribution in [-0.2, 0) is 11.3 Å². The van der Waals surface area contributed by atoms with E-state index in [-0.39, 0.29) is 5.91 Å². The lowest BCUT2D eigenvalue weighted by Crippen LogP contribution is -2.49. The van der Waals surface area contributed by atoms with Crippen LogP contribution in [0.1, 0.15) is 5.56 Å². The summed E-state index contributed by atoms with van der Waals surface area (Å²) < 4.78 is 10.6. The second-order valence-corrected chi connectivity index (χ2v) is 7.02. The summed E-state index contributed by atoms with van der Waals surface area (Å²) in [5.41, 5.74) is 2.21. The first-order valence-electron chi connectivity index (χ1n) is 9.58. The van der Waals surface area contributed by atoms with Gasteiger partial charge in [-0.2, -0.15) is 0 Å². The van der Waals surface area contributed by atoms with Gasteiger partial charge in [0.1, 0.15) is 11.5 Å². The van der Waals surface area contributed by atoms with Crippen LogP contribution in [0.3, 0.4) is 0 Å². The Balaban J connectivity index is 1.48. The van der Waals surface area contributed by atoms with Crippen LogP contribution >= 0.6 is 0 Å². The van der Waals surface area contributed by atoms with Gasteiger partial charge in [-0.3, -0.25) is 9.69 Å². The summed E-state index contributed by atoms with van der Waals surface area (Å²) in [6, 6.07) is 16.0. The van der Waals surface area contributed by atoms with Crippen LogP contribution < -0.4 is 14.4 Å². The third-order valence-electron chi connectivity index (χ3n) is 5.19. The monoisotopic (exact) mass is 383 g/mol. The highest BCUT2D eigenvalue weighted by Gasteiger charge is 2.21. The lowest BCUT2D eigenvalue weighted by molar-refractivity contribution is -0.131. The quantitative estimate of drug-likeness (QED) is 0.735. The van der Waals surface area contributed by atoms with E-state index >= 15 is 0 Å². The molecule has 3 rings (SSSR count). The molecule has 1 amide bonds. The van der Waals surface area contributed by atoms with Gasteiger partial charge < -0.3 is 19.3 Å². The average Bonchev–Trinajstić information content (AvgIpc) is 2.74. The highest BCUT2D eigenvalue weighted by molar-refractivity contribution is 5.78. The molecule has 150 valence electrons. The summed E-state index contributed by atoms with van der Waals surface area (Å²) in [4.78, 5) is 19.0. The van der Waals surface area contributed by atoms with Crippen molar-refractivity contribution in [2.24, 2.45) is 0 Å². The van der Waals surface area contributed by atoms with Gasteiger partial charge in [0.15, 0.2) is 0 Å². The number of amides is 1. The molecule has 1 saturated heterocycles. The normalized spacial score (nSPS) is 14.6. The topological polar surface area (TPSA) is 45.2 Å². The van der Waals surface area contributed by atoms with Crippen molar-refractivity contribution in [3.05, 3.63) is 54.1 Å². The van der Waals surface area contributed by atoms with Gasteiger partial charge in [0.25, 0.3) is 0 Å². The zero-order valence-corrected chi connectivity index (χ0v) is 16.9. The maximum atomic E-state index is 12.7. The van der Waals surface area contributed by atoms with Crippen molar-refractivity contribution in [3.63, 3.8) is 0 Å². The molecular formula is C22H29N3O3. The smallest absolute Gasteiger partial charge is 0.236 e. The maximum absolute atomic E-state index is 12.7. The van der Waals surface area contributed by atoms with E-state index in [1.807, 2.05) is 43.4 Å². The Morgan fingerprint density at radius 3 is 2.29 bits per heavy atom. The van der Waals surface area contributed by atoms with E-state index in [1.165, 1.54) is 5.69 Å². The summed E-state index contributed by atoms with van der Waals surface area (Å²) in [6.45, 7) is 4.57. The van der Waals surface area contributed by atoms with E-state index in [4.69, 9.17) is 9.47 Å². The fourth-order valence-corrected chi connectivity index (χ4v) is 3.45. The Morgan fingerprint density at radius 2 is 1.64 bits per heavy atom. The number of rotatable bonds is 7. The molecular weight excluding hydrogens is 354 g/mol. The van der Waals surface area contributed by atoms with Gasteiger partial charge in [-0.25, -0.2) is 0 Å². The molecule has 0 N–H and O–H groups in total.